The first kappa shape index (κ1) is 15.5. The molecule has 0 aliphatic rings. The van der Waals surface area contributed by atoms with E-state index in [9.17, 15) is 12.8 Å². The largest absolute Gasteiger partial charge is 0.279 e. The average molecular weight is 423 g/mol. The summed E-state index contributed by atoms with van der Waals surface area (Å²) in [6, 6.07) is 8.91. The van der Waals surface area contributed by atoms with Crippen LogP contribution >= 0.6 is 31.9 Å². The summed E-state index contributed by atoms with van der Waals surface area (Å²) in [7, 11) is -3.96. The molecule has 0 fully saturated rings. The highest BCUT2D eigenvalue weighted by atomic mass is 79.9. The number of sulfonamides is 1. The fourth-order valence-electron chi connectivity index (χ4n) is 1.63. The number of anilines is 1. The molecule has 0 aromatic heterocycles. The van der Waals surface area contributed by atoms with E-state index < -0.39 is 15.8 Å². The van der Waals surface area contributed by atoms with Crippen LogP contribution in [0.25, 0.3) is 0 Å². The summed E-state index contributed by atoms with van der Waals surface area (Å²) in [5.41, 5.74) is 1.15. The maximum Gasteiger partial charge on any atom is 0.264 e. The number of rotatable bonds is 3. The predicted molar refractivity (Wildman–Crippen MR) is 83.8 cm³/mol. The maximum atomic E-state index is 13.8. The van der Waals surface area contributed by atoms with Crippen LogP contribution in [0.15, 0.2) is 50.2 Å². The molecule has 0 saturated carbocycles. The predicted octanol–water partition coefficient (Wildman–Crippen LogP) is 4.46. The van der Waals surface area contributed by atoms with Gasteiger partial charge in [0.05, 0.1) is 5.69 Å². The Kier molecular flexibility index (Phi) is 4.51. The molecule has 2 aromatic rings. The maximum absolute atomic E-state index is 13.8. The van der Waals surface area contributed by atoms with Crippen molar-refractivity contribution in [2.24, 2.45) is 0 Å². The van der Waals surface area contributed by atoms with E-state index in [0.717, 1.165) is 16.1 Å². The molecular formula is C13H10Br2FNO2S. The molecule has 0 aliphatic carbocycles. The van der Waals surface area contributed by atoms with E-state index >= 15 is 0 Å². The molecule has 0 aliphatic heterocycles. The van der Waals surface area contributed by atoms with Crippen LogP contribution in [-0.2, 0) is 10.0 Å². The Bertz CT molecular complexity index is 763. The second kappa shape index (κ2) is 5.83. The Morgan fingerprint density at radius 2 is 1.65 bits per heavy atom. The molecule has 1 N–H and O–H groups in total. The molecule has 7 heteroatoms. The molecule has 2 rings (SSSR count). The van der Waals surface area contributed by atoms with Gasteiger partial charge in [-0.05, 0) is 48.9 Å². The Hall–Kier alpha value is -0.920. The van der Waals surface area contributed by atoms with Gasteiger partial charge in [-0.1, -0.05) is 31.9 Å². The summed E-state index contributed by atoms with van der Waals surface area (Å²) in [4.78, 5) is -0.386. The molecule has 0 bridgehead atoms. The minimum absolute atomic E-state index is 0.386. The molecule has 0 radical (unpaired) electrons. The number of hydrogen-bond acceptors (Lipinski definition) is 2. The molecule has 2 aromatic carbocycles. The fourth-order valence-corrected chi connectivity index (χ4v) is 3.63. The van der Waals surface area contributed by atoms with E-state index in [4.69, 9.17) is 0 Å². The third-order valence-corrected chi connectivity index (χ3v) is 5.00. The zero-order valence-corrected chi connectivity index (χ0v) is 14.3. The Morgan fingerprint density at radius 1 is 1.05 bits per heavy atom. The Balaban J connectivity index is 2.41. The standard InChI is InChI=1S/C13H10Br2FNO2S/c1-8-6-9(14)2-4-12(8)17-20(18,19)13-5-3-10(15)7-11(13)16/h2-7,17H,1H3. The number of aryl methyl sites for hydroxylation is 1. The number of nitrogens with one attached hydrogen (secondary N) is 1. The first-order valence-corrected chi connectivity index (χ1v) is 8.60. The van der Waals surface area contributed by atoms with Gasteiger partial charge in [-0.2, -0.15) is 0 Å². The van der Waals surface area contributed by atoms with Gasteiger partial charge in [0.15, 0.2) is 0 Å². The van der Waals surface area contributed by atoms with Crippen molar-refractivity contribution >= 4 is 47.6 Å². The minimum Gasteiger partial charge on any atom is -0.279 e. The van der Waals surface area contributed by atoms with E-state index in [1.165, 1.54) is 12.1 Å². The van der Waals surface area contributed by atoms with E-state index in [-0.39, 0.29) is 4.90 Å². The third-order valence-electron chi connectivity index (χ3n) is 2.62. The highest BCUT2D eigenvalue weighted by Gasteiger charge is 2.20. The normalized spacial score (nSPS) is 11.4. The molecule has 0 unspecified atom stereocenters. The highest BCUT2D eigenvalue weighted by molar-refractivity contribution is 9.10. The molecular weight excluding hydrogens is 413 g/mol. The highest BCUT2D eigenvalue weighted by Crippen LogP contribution is 2.25. The third kappa shape index (κ3) is 3.39. The van der Waals surface area contributed by atoms with Gasteiger partial charge in [-0.3, -0.25) is 4.72 Å². The SMILES string of the molecule is Cc1cc(Br)ccc1NS(=O)(=O)c1ccc(Br)cc1F. The minimum atomic E-state index is -3.96. The van der Waals surface area contributed by atoms with Crippen molar-refractivity contribution in [2.75, 3.05) is 4.72 Å². The zero-order chi connectivity index (χ0) is 14.9. The van der Waals surface area contributed by atoms with Gasteiger partial charge in [-0.25, -0.2) is 12.8 Å². The van der Waals surface area contributed by atoms with Crippen LogP contribution in [0.5, 0.6) is 0 Å². The lowest BCUT2D eigenvalue weighted by atomic mass is 10.2. The first-order valence-electron chi connectivity index (χ1n) is 5.53. The average Bonchev–Trinajstić information content (AvgIpc) is 2.32. The smallest absolute Gasteiger partial charge is 0.264 e. The molecule has 0 heterocycles. The van der Waals surface area contributed by atoms with Gasteiger partial charge in [0.2, 0.25) is 0 Å². The summed E-state index contributed by atoms with van der Waals surface area (Å²) in [5, 5.41) is 0. The van der Waals surface area contributed by atoms with Gasteiger partial charge in [-0.15, -0.1) is 0 Å². The number of benzene rings is 2. The molecule has 20 heavy (non-hydrogen) atoms. The fraction of sp³-hybridized carbons (Fsp3) is 0.0769. The van der Waals surface area contributed by atoms with Crippen molar-refractivity contribution in [1.82, 2.24) is 0 Å². The van der Waals surface area contributed by atoms with Gasteiger partial charge < -0.3 is 0 Å². The lowest BCUT2D eigenvalue weighted by Gasteiger charge is -2.11. The van der Waals surface area contributed by atoms with Crippen LogP contribution in [0.2, 0.25) is 0 Å². The molecule has 0 amide bonds. The van der Waals surface area contributed by atoms with Crippen molar-refractivity contribution < 1.29 is 12.8 Å². The number of hydrogen-bond donors (Lipinski definition) is 1. The van der Waals surface area contributed by atoms with E-state index in [2.05, 4.69) is 36.6 Å². The Labute approximate surface area is 133 Å². The van der Waals surface area contributed by atoms with Gasteiger partial charge in [0.1, 0.15) is 10.7 Å². The first-order chi connectivity index (χ1) is 9.29. The van der Waals surface area contributed by atoms with Gasteiger partial charge in [0, 0.05) is 8.95 Å². The van der Waals surface area contributed by atoms with Crippen molar-refractivity contribution in [3.05, 3.63) is 56.7 Å². The van der Waals surface area contributed by atoms with Crippen LogP contribution in [0.1, 0.15) is 5.56 Å². The van der Waals surface area contributed by atoms with Crippen molar-refractivity contribution in [3.63, 3.8) is 0 Å². The van der Waals surface area contributed by atoms with Gasteiger partial charge >= 0.3 is 0 Å². The van der Waals surface area contributed by atoms with Crippen LogP contribution in [0, 0.1) is 12.7 Å². The zero-order valence-electron chi connectivity index (χ0n) is 10.3. The van der Waals surface area contributed by atoms with Crippen LogP contribution in [-0.4, -0.2) is 8.42 Å². The molecule has 106 valence electrons. The van der Waals surface area contributed by atoms with E-state index in [1.54, 1.807) is 25.1 Å². The Morgan fingerprint density at radius 3 is 2.25 bits per heavy atom. The molecule has 0 atom stereocenters. The molecule has 3 nitrogen and oxygen atoms in total. The summed E-state index contributed by atoms with van der Waals surface area (Å²) >= 11 is 6.39. The lowest BCUT2D eigenvalue weighted by molar-refractivity contribution is 0.570. The topological polar surface area (TPSA) is 46.2 Å². The van der Waals surface area contributed by atoms with Crippen LogP contribution in [0.3, 0.4) is 0 Å². The second-order valence-corrected chi connectivity index (χ2v) is 7.62. The monoisotopic (exact) mass is 421 g/mol. The molecule has 0 spiro atoms. The van der Waals surface area contributed by atoms with Crippen molar-refractivity contribution in [1.29, 1.82) is 0 Å². The van der Waals surface area contributed by atoms with Crippen molar-refractivity contribution in [2.45, 2.75) is 11.8 Å². The van der Waals surface area contributed by atoms with Crippen LogP contribution < -0.4 is 4.72 Å². The molecule has 0 saturated heterocycles. The van der Waals surface area contributed by atoms with Gasteiger partial charge in [0.25, 0.3) is 10.0 Å². The summed E-state index contributed by atoms with van der Waals surface area (Å²) < 4.78 is 41.8. The summed E-state index contributed by atoms with van der Waals surface area (Å²) in [6.45, 7) is 1.76. The number of halogens is 3. The van der Waals surface area contributed by atoms with Crippen LogP contribution in [0.4, 0.5) is 10.1 Å². The summed E-state index contributed by atoms with van der Waals surface area (Å²) in [6.07, 6.45) is 0. The quantitative estimate of drug-likeness (QED) is 0.793. The van der Waals surface area contributed by atoms with E-state index in [1.807, 2.05) is 0 Å². The van der Waals surface area contributed by atoms with Crippen molar-refractivity contribution in [3.8, 4) is 0 Å². The summed E-state index contributed by atoms with van der Waals surface area (Å²) in [5.74, 6) is -0.804. The lowest BCUT2D eigenvalue weighted by Crippen LogP contribution is -2.15. The second-order valence-electron chi connectivity index (χ2n) is 4.14. The van der Waals surface area contributed by atoms with E-state index in [0.29, 0.717) is 10.2 Å².